The highest BCUT2D eigenvalue weighted by atomic mass is 35.5. The Morgan fingerprint density at radius 3 is 2.12 bits per heavy atom. The zero-order valence-electron chi connectivity index (χ0n) is 16.8. The molecule has 2 rings (SSSR count). The number of benzene rings is 1. The van der Waals surface area contributed by atoms with E-state index in [1.807, 2.05) is 0 Å². The van der Waals surface area contributed by atoms with E-state index in [4.69, 9.17) is 28.0 Å². The standard InChI is InChI=1S/C17H13Cl2F6N4O3S/c1-4-32-28(8(2)30)15-14(33(31)17(23,24)25)12(7-26)27-29(15,3)13-10(18)5-9(6-11(13)19)16(20,21)22/h5-6H,4H2,1-3H3/q+1. The maximum absolute atomic E-state index is 13.4. The van der Waals surface area contributed by atoms with Crippen molar-refractivity contribution < 1.29 is 40.2 Å². The van der Waals surface area contributed by atoms with Crippen molar-refractivity contribution in [2.45, 2.75) is 25.5 Å². The van der Waals surface area contributed by atoms with Gasteiger partial charge in [-0.3, -0.25) is 9.63 Å². The second-order valence-corrected chi connectivity index (χ2v) is 8.63. The van der Waals surface area contributed by atoms with E-state index in [1.165, 1.54) is 13.0 Å². The quantitative estimate of drug-likeness (QED) is 0.298. The topological polar surface area (TPSA) is 82.8 Å². The number of hydrogen-bond acceptors (Lipinski definition) is 5. The molecule has 0 bridgehead atoms. The van der Waals surface area contributed by atoms with E-state index in [9.17, 15) is 40.6 Å². The summed E-state index contributed by atoms with van der Waals surface area (Å²) >= 11 is 12.1. The fraction of sp³-hybridized carbons (Fsp3) is 0.353. The highest BCUT2D eigenvalue weighted by Crippen LogP contribution is 2.48. The van der Waals surface area contributed by atoms with Crippen molar-refractivity contribution >= 4 is 51.3 Å². The SMILES string of the molecule is CCON(C(C)=O)C1=C(S(=O)C(F)(F)F)C(C#N)=N[N+]1(C)c1c(Cl)cc(C(F)(F)F)cc1Cl. The fourth-order valence-corrected chi connectivity index (χ4v) is 4.69. The maximum atomic E-state index is 13.4. The van der Waals surface area contributed by atoms with Gasteiger partial charge in [0.15, 0.2) is 15.7 Å². The summed E-state index contributed by atoms with van der Waals surface area (Å²) in [7, 11) is -2.91. The molecule has 7 nitrogen and oxygen atoms in total. The molecule has 1 aliphatic rings. The van der Waals surface area contributed by atoms with Crippen LogP contribution in [-0.2, 0) is 26.6 Å². The third-order valence-corrected chi connectivity index (χ3v) is 5.89. The van der Waals surface area contributed by atoms with E-state index < -0.39 is 70.7 Å². The minimum absolute atomic E-state index is 0.272. The Balaban J connectivity index is 3.01. The third kappa shape index (κ3) is 5.02. The number of alkyl halides is 6. The summed E-state index contributed by atoms with van der Waals surface area (Å²) in [5.74, 6) is -1.89. The molecule has 0 N–H and O–H groups in total. The number of allylic oxidation sites excluding steroid dienone is 1. The van der Waals surface area contributed by atoms with Crippen LogP contribution in [0, 0.1) is 11.3 Å². The molecule has 0 aromatic heterocycles. The van der Waals surface area contributed by atoms with Crippen LogP contribution in [0.3, 0.4) is 0 Å². The summed E-state index contributed by atoms with van der Waals surface area (Å²) < 4.78 is 90.6. The van der Waals surface area contributed by atoms with Gasteiger partial charge >= 0.3 is 11.7 Å². The zero-order valence-corrected chi connectivity index (χ0v) is 19.1. The molecule has 1 aromatic carbocycles. The van der Waals surface area contributed by atoms with E-state index in [1.54, 1.807) is 0 Å². The summed E-state index contributed by atoms with van der Waals surface area (Å²) in [5, 5.41) is 12.1. The summed E-state index contributed by atoms with van der Waals surface area (Å²) in [6, 6.07) is 2.25. The van der Waals surface area contributed by atoms with Crippen molar-refractivity contribution in [1.82, 2.24) is 9.66 Å². The normalized spacial score (nSPS) is 19.9. The molecular weight excluding hydrogens is 525 g/mol. The molecule has 0 radical (unpaired) electrons. The number of hydroxylamine groups is 2. The molecule has 0 aliphatic carbocycles. The number of nitriles is 1. The van der Waals surface area contributed by atoms with Gasteiger partial charge in [-0.05, 0) is 19.1 Å². The number of carbonyl (C=O) groups is 1. The summed E-state index contributed by atoms with van der Waals surface area (Å²) in [6.07, 6.45) is -4.87. The van der Waals surface area contributed by atoms with Crippen LogP contribution in [0.4, 0.5) is 32.0 Å². The van der Waals surface area contributed by atoms with Gasteiger partial charge in [0, 0.05) is 6.92 Å². The number of halogens is 8. The molecule has 1 amide bonds. The van der Waals surface area contributed by atoms with Crippen molar-refractivity contribution in [3.8, 4) is 6.07 Å². The van der Waals surface area contributed by atoms with Gasteiger partial charge in [0.2, 0.25) is 11.4 Å². The van der Waals surface area contributed by atoms with Crippen molar-refractivity contribution in [2.24, 2.45) is 5.10 Å². The fourth-order valence-electron chi connectivity index (χ4n) is 2.96. The first-order chi connectivity index (χ1) is 15.0. The molecule has 16 heteroatoms. The van der Waals surface area contributed by atoms with E-state index in [0.29, 0.717) is 17.2 Å². The monoisotopic (exact) mass is 537 g/mol. The Bertz CT molecular complexity index is 1110. The van der Waals surface area contributed by atoms with Crippen LogP contribution in [0.15, 0.2) is 28.0 Å². The van der Waals surface area contributed by atoms with Gasteiger partial charge in [0.25, 0.3) is 11.7 Å². The molecule has 2 atom stereocenters. The molecule has 0 saturated heterocycles. The lowest BCUT2D eigenvalue weighted by Gasteiger charge is -2.32. The average Bonchev–Trinajstić information content (AvgIpc) is 2.95. The van der Waals surface area contributed by atoms with Gasteiger partial charge < -0.3 is 0 Å². The predicted molar refractivity (Wildman–Crippen MR) is 108 cm³/mol. The first kappa shape index (κ1) is 27.1. The maximum Gasteiger partial charge on any atom is 0.476 e. The van der Waals surface area contributed by atoms with E-state index >= 15 is 0 Å². The van der Waals surface area contributed by atoms with E-state index in [-0.39, 0.29) is 6.61 Å². The second kappa shape index (κ2) is 9.22. The number of rotatable bonds is 5. The minimum Gasteiger partial charge on any atom is -0.272 e. The molecular formula is C17H13Cl2F6N4O3S+. The number of nitrogens with zero attached hydrogens (tertiary/aromatic N) is 4. The van der Waals surface area contributed by atoms with Crippen molar-refractivity contribution in [3.63, 3.8) is 0 Å². The minimum atomic E-state index is -5.39. The van der Waals surface area contributed by atoms with Gasteiger partial charge in [0.05, 0.1) is 12.2 Å². The van der Waals surface area contributed by atoms with Gasteiger partial charge in [-0.25, -0.2) is 4.21 Å². The Morgan fingerprint density at radius 1 is 1.24 bits per heavy atom. The Morgan fingerprint density at radius 2 is 1.76 bits per heavy atom. The van der Waals surface area contributed by atoms with Crippen LogP contribution in [0.2, 0.25) is 10.0 Å². The molecule has 0 fully saturated rings. The summed E-state index contributed by atoms with van der Waals surface area (Å²) in [5.41, 5.74) is -8.19. The Labute approximate surface area is 195 Å². The Kier molecular flexibility index (Phi) is 7.57. The van der Waals surface area contributed by atoms with Gasteiger partial charge in [0.1, 0.15) is 23.2 Å². The largest absolute Gasteiger partial charge is 0.476 e. The smallest absolute Gasteiger partial charge is 0.272 e. The Hall–Kier alpha value is -2.18. The molecule has 0 spiro atoms. The third-order valence-electron chi connectivity index (χ3n) is 4.15. The van der Waals surface area contributed by atoms with Crippen molar-refractivity contribution in [1.29, 1.82) is 5.26 Å². The molecule has 0 saturated carbocycles. The predicted octanol–water partition coefficient (Wildman–Crippen LogP) is 5.08. The van der Waals surface area contributed by atoms with Crippen LogP contribution in [0.25, 0.3) is 0 Å². The van der Waals surface area contributed by atoms with Crippen molar-refractivity contribution in [2.75, 3.05) is 13.7 Å². The second-order valence-electron chi connectivity index (χ2n) is 6.40. The molecule has 1 aromatic rings. The first-order valence-electron chi connectivity index (χ1n) is 8.61. The number of amides is 1. The van der Waals surface area contributed by atoms with E-state index in [2.05, 4.69) is 5.10 Å². The van der Waals surface area contributed by atoms with Crippen LogP contribution in [0.5, 0.6) is 0 Å². The highest BCUT2D eigenvalue weighted by molar-refractivity contribution is 7.91. The van der Waals surface area contributed by atoms with Crippen molar-refractivity contribution in [3.05, 3.63) is 38.5 Å². The molecule has 180 valence electrons. The molecule has 33 heavy (non-hydrogen) atoms. The lowest BCUT2D eigenvalue weighted by Crippen LogP contribution is -2.47. The van der Waals surface area contributed by atoms with Gasteiger partial charge in [-0.2, -0.15) is 31.6 Å². The zero-order chi connectivity index (χ0) is 25.5. The van der Waals surface area contributed by atoms with Gasteiger partial charge in [-0.1, -0.05) is 28.3 Å². The molecule has 1 heterocycles. The number of hydrogen-bond donors (Lipinski definition) is 0. The lowest BCUT2D eigenvalue weighted by atomic mass is 10.1. The summed E-state index contributed by atoms with van der Waals surface area (Å²) in [6.45, 7) is 1.99. The number of carbonyl (C=O) groups excluding carboxylic acids is 1. The lowest BCUT2D eigenvalue weighted by molar-refractivity contribution is -0.176. The highest BCUT2D eigenvalue weighted by Gasteiger charge is 2.56. The van der Waals surface area contributed by atoms with E-state index in [0.717, 1.165) is 14.0 Å². The first-order valence-corrected chi connectivity index (χ1v) is 10.5. The molecule has 2 unspecified atom stereocenters. The van der Waals surface area contributed by atoms with Crippen LogP contribution in [0.1, 0.15) is 19.4 Å². The van der Waals surface area contributed by atoms with Gasteiger partial charge in [-0.15, -0.1) is 9.66 Å². The average molecular weight is 538 g/mol. The summed E-state index contributed by atoms with van der Waals surface area (Å²) in [4.78, 5) is 16.1. The van der Waals surface area contributed by atoms with Crippen LogP contribution in [-0.4, -0.2) is 40.1 Å². The van der Waals surface area contributed by atoms with Crippen LogP contribution < -0.4 is 4.59 Å². The number of quaternary nitrogens is 1. The molecule has 1 aliphatic heterocycles. The van der Waals surface area contributed by atoms with Crippen LogP contribution >= 0.6 is 23.2 Å².